The topological polar surface area (TPSA) is 63.1 Å². The summed E-state index contributed by atoms with van der Waals surface area (Å²) >= 11 is 6.20. The number of anilines is 3. The van der Waals surface area contributed by atoms with Crippen molar-refractivity contribution in [2.24, 2.45) is 7.05 Å². The van der Waals surface area contributed by atoms with Crippen LogP contribution in [0.3, 0.4) is 0 Å². The normalized spacial score (nSPS) is 12.6. The van der Waals surface area contributed by atoms with Crippen molar-refractivity contribution in [3.05, 3.63) is 89.0 Å². The summed E-state index contributed by atoms with van der Waals surface area (Å²) in [6.45, 7) is 0.447. The Labute approximate surface area is 195 Å². The molecule has 0 spiro atoms. The lowest BCUT2D eigenvalue weighted by Gasteiger charge is -2.19. The van der Waals surface area contributed by atoms with Crippen molar-refractivity contribution in [1.82, 2.24) is 14.8 Å². The number of carbonyl (C=O) groups is 1. The van der Waals surface area contributed by atoms with Crippen LogP contribution in [-0.4, -0.2) is 27.2 Å². The number of hydrogen-bond acceptors (Lipinski definition) is 4. The zero-order valence-corrected chi connectivity index (χ0v) is 18.7. The minimum Gasteiger partial charge on any atom is -0.325 e. The SMILES string of the molecule is Cn1nccc1Nc1cc(-c2cc(F)c3c(c2)CCN3C(=O)Cc2ccccc2Cl)ccn1. The fourth-order valence-corrected chi connectivity index (χ4v) is 4.32. The molecule has 1 amide bonds. The van der Waals surface area contributed by atoms with Crippen LogP contribution in [0.15, 0.2) is 67.0 Å². The molecule has 1 aliphatic heterocycles. The number of benzene rings is 2. The molecular weight excluding hydrogens is 441 g/mol. The molecule has 5 rings (SSSR count). The molecule has 33 heavy (non-hydrogen) atoms. The lowest BCUT2D eigenvalue weighted by Crippen LogP contribution is -2.31. The van der Waals surface area contributed by atoms with E-state index in [1.165, 1.54) is 11.0 Å². The Morgan fingerprint density at radius 1 is 1.12 bits per heavy atom. The minimum absolute atomic E-state index is 0.133. The Kier molecular flexibility index (Phi) is 5.56. The number of aryl methyl sites for hydroxylation is 1. The van der Waals surface area contributed by atoms with E-state index < -0.39 is 5.82 Å². The highest BCUT2D eigenvalue weighted by Gasteiger charge is 2.29. The summed E-state index contributed by atoms with van der Waals surface area (Å²) in [4.78, 5) is 18.8. The van der Waals surface area contributed by atoms with Gasteiger partial charge < -0.3 is 10.2 Å². The third-order valence-electron chi connectivity index (χ3n) is 5.79. The Balaban J connectivity index is 1.40. The molecule has 3 heterocycles. The molecule has 0 radical (unpaired) electrons. The first-order valence-corrected chi connectivity index (χ1v) is 10.9. The Morgan fingerprint density at radius 3 is 2.76 bits per heavy atom. The van der Waals surface area contributed by atoms with Gasteiger partial charge in [-0.05, 0) is 59.0 Å². The van der Waals surface area contributed by atoms with Gasteiger partial charge in [0.1, 0.15) is 17.5 Å². The van der Waals surface area contributed by atoms with Crippen molar-refractivity contribution < 1.29 is 9.18 Å². The van der Waals surface area contributed by atoms with Crippen LogP contribution in [0.5, 0.6) is 0 Å². The van der Waals surface area contributed by atoms with Crippen LogP contribution in [-0.2, 0) is 24.7 Å². The van der Waals surface area contributed by atoms with E-state index in [0.717, 1.165) is 28.1 Å². The highest BCUT2D eigenvalue weighted by atomic mass is 35.5. The number of rotatable bonds is 5. The molecule has 0 unspecified atom stereocenters. The predicted molar refractivity (Wildman–Crippen MR) is 127 cm³/mol. The number of pyridine rings is 1. The van der Waals surface area contributed by atoms with Crippen molar-refractivity contribution >= 4 is 34.8 Å². The molecular formula is C25H21ClFN5O. The van der Waals surface area contributed by atoms with Crippen molar-refractivity contribution in [2.75, 3.05) is 16.8 Å². The van der Waals surface area contributed by atoms with E-state index in [1.54, 1.807) is 23.1 Å². The maximum atomic E-state index is 15.3. The monoisotopic (exact) mass is 461 g/mol. The van der Waals surface area contributed by atoms with E-state index in [4.69, 9.17) is 11.6 Å². The quantitative estimate of drug-likeness (QED) is 0.446. The van der Waals surface area contributed by atoms with Gasteiger partial charge in [-0.2, -0.15) is 5.10 Å². The van der Waals surface area contributed by atoms with Crippen LogP contribution in [0.4, 0.5) is 21.7 Å². The van der Waals surface area contributed by atoms with Gasteiger partial charge in [0.15, 0.2) is 0 Å². The summed E-state index contributed by atoms with van der Waals surface area (Å²) in [5.41, 5.74) is 3.48. The summed E-state index contributed by atoms with van der Waals surface area (Å²) in [6.07, 6.45) is 4.10. The zero-order chi connectivity index (χ0) is 22.9. The second kappa shape index (κ2) is 8.67. The molecule has 0 fully saturated rings. The summed E-state index contributed by atoms with van der Waals surface area (Å²) in [7, 11) is 1.83. The van der Waals surface area contributed by atoms with Crippen LogP contribution < -0.4 is 10.2 Å². The standard InChI is InChI=1S/C25H21ClFN5O/c1-31-23(7-10-29-31)30-22-14-16(6-9-28-22)19-12-18-8-11-32(25(18)21(27)13-19)24(33)15-17-4-2-3-5-20(17)26/h2-7,9-10,12-14H,8,11,15H2,1H3,(H,28,30). The van der Waals surface area contributed by atoms with E-state index in [9.17, 15) is 4.79 Å². The van der Waals surface area contributed by atoms with Gasteiger partial charge in [0.25, 0.3) is 0 Å². The highest BCUT2D eigenvalue weighted by molar-refractivity contribution is 6.31. The highest BCUT2D eigenvalue weighted by Crippen LogP contribution is 2.36. The average Bonchev–Trinajstić information content (AvgIpc) is 3.42. The van der Waals surface area contributed by atoms with Gasteiger partial charge in [-0.25, -0.2) is 9.37 Å². The number of fused-ring (bicyclic) bond motifs is 1. The molecule has 2 aromatic heterocycles. The summed E-state index contributed by atoms with van der Waals surface area (Å²) in [5.74, 6) is 0.853. The number of carbonyl (C=O) groups excluding carboxylic acids is 1. The molecule has 4 aromatic rings. The molecule has 2 aromatic carbocycles. The van der Waals surface area contributed by atoms with Crippen LogP contribution >= 0.6 is 11.6 Å². The Bertz CT molecular complexity index is 1350. The number of nitrogens with zero attached hydrogens (tertiary/aromatic N) is 4. The average molecular weight is 462 g/mol. The fraction of sp³-hybridized carbons (Fsp3) is 0.160. The second-order valence-electron chi connectivity index (χ2n) is 7.92. The number of amides is 1. The van der Waals surface area contributed by atoms with Crippen LogP contribution in [0.25, 0.3) is 11.1 Å². The molecule has 0 saturated carbocycles. The summed E-state index contributed by atoms with van der Waals surface area (Å²) < 4.78 is 17.0. The summed E-state index contributed by atoms with van der Waals surface area (Å²) in [6, 6.07) is 16.2. The van der Waals surface area contributed by atoms with Crippen LogP contribution in [0, 0.1) is 5.82 Å². The third-order valence-corrected chi connectivity index (χ3v) is 6.16. The van der Waals surface area contributed by atoms with Crippen molar-refractivity contribution in [3.63, 3.8) is 0 Å². The lowest BCUT2D eigenvalue weighted by molar-refractivity contribution is -0.117. The van der Waals surface area contributed by atoms with Gasteiger partial charge in [-0.1, -0.05) is 29.8 Å². The van der Waals surface area contributed by atoms with Gasteiger partial charge in [-0.3, -0.25) is 9.48 Å². The maximum absolute atomic E-state index is 15.3. The first kappa shape index (κ1) is 21.2. The van der Waals surface area contributed by atoms with Gasteiger partial charge in [-0.15, -0.1) is 0 Å². The number of hydrogen-bond donors (Lipinski definition) is 1. The lowest BCUT2D eigenvalue weighted by atomic mass is 10.0. The first-order chi connectivity index (χ1) is 16.0. The molecule has 1 aliphatic rings. The first-order valence-electron chi connectivity index (χ1n) is 10.6. The van der Waals surface area contributed by atoms with Crippen molar-refractivity contribution in [1.29, 1.82) is 0 Å². The molecule has 8 heteroatoms. The minimum atomic E-state index is -0.412. The van der Waals surface area contributed by atoms with Crippen molar-refractivity contribution in [2.45, 2.75) is 12.8 Å². The molecule has 0 saturated heterocycles. The zero-order valence-electron chi connectivity index (χ0n) is 17.9. The Hall–Kier alpha value is -3.71. The number of aromatic nitrogens is 3. The molecule has 166 valence electrons. The Morgan fingerprint density at radius 2 is 1.97 bits per heavy atom. The number of nitrogens with one attached hydrogen (secondary N) is 1. The largest absolute Gasteiger partial charge is 0.325 e. The van der Waals surface area contributed by atoms with Gasteiger partial charge >= 0.3 is 0 Å². The second-order valence-corrected chi connectivity index (χ2v) is 8.33. The molecule has 0 aliphatic carbocycles. The molecule has 0 bridgehead atoms. The molecule has 0 atom stereocenters. The van der Waals surface area contributed by atoms with Crippen LogP contribution in [0.1, 0.15) is 11.1 Å². The smallest absolute Gasteiger partial charge is 0.231 e. The maximum Gasteiger partial charge on any atom is 0.231 e. The van der Waals surface area contributed by atoms with E-state index >= 15 is 4.39 Å². The van der Waals surface area contributed by atoms with E-state index in [2.05, 4.69) is 15.4 Å². The third kappa shape index (κ3) is 4.19. The van der Waals surface area contributed by atoms with E-state index in [0.29, 0.717) is 29.5 Å². The van der Waals surface area contributed by atoms with E-state index in [-0.39, 0.29) is 12.3 Å². The molecule has 1 N–H and O–H groups in total. The van der Waals surface area contributed by atoms with Crippen LogP contribution in [0.2, 0.25) is 5.02 Å². The van der Waals surface area contributed by atoms with E-state index in [1.807, 2.05) is 49.5 Å². The fourth-order valence-electron chi connectivity index (χ4n) is 4.12. The summed E-state index contributed by atoms with van der Waals surface area (Å²) in [5, 5.41) is 7.88. The predicted octanol–water partition coefficient (Wildman–Crippen LogP) is 5.15. The van der Waals surface area contributed by atoms with Crippen molar-refractivity contribution in [3.8, 4) is 11.1 Å². The van der Waals surface area contributed by atoms with Gasteiger partial charge in [0.2, 0.25) is 5.91 Å². The number of halogens is 2. The molecule has 6 nitrogen and oxygen atoms in total. The van der Waals surface area contributed by atoms with Gasteiger partial charge in [0, 0.05) is 30.9 Å². The van der Waals surface area contributed by atoms with Gasteiger partial charge in [0.05, 0.1) is 18.3 Å².